The van der Waals surface area contributed by atoms with Gasteiger partial charge >= 0.3 is 0 Å². The van der Waals surface area contributed by atoms with Crippen molar-refractivity contribution in [2.75, 3.05) is 19.0 Å². The van der Waals surface area contributed by atoms with Gasteiger partial charge in [-0.2, -0.15) is 5.10 Å². The molecule has 29 heavy (non-hydrogen) atoms. The van der Waals surface area contributed by atoms with Crippen LogP contribution in [0.15, 0.2) is 60.8 Å². The smallest absolute Gasteiger partial charge is 0.263 e. The minimum atomic E-state index is -0.300. The predicted octanol–water partition coefficient (Wildman–Crippen LogP) is 4.64. The number of anilines is 1. The molecule has 1 aromatic heterocycles. The number of halogens is 1. The third-order valence-electron chi connectivity index (χ3n) is 4.17. The lowest BCUT2D eigenvalue weighted by Crippen LogP contribution is -2.22. The first kappa shape index (κ1) is 20.5. The summed E-state index contributed by atoms with van der Waals surface area (Å²) in [6, 6.07) is 14.8. The number of methoxy groups -OCH3 is 1. The number of nitrogens with one attached hydrogen (secondary N) is 1. The van der Waals surface area contributed by atoms with E-state index >= 15 is 0 Å². The van der Waals surface area contributed by atoms with E-state index < -0.39 is 0 Å². The van der Waals surface area contributed by atoms with Crippen LogP contribution in [-0.2, 0) is 11.3 Å². The van der Waals surface area contributed by atoms with E-state index in [1.807, 2.05) is 55.5 Å². The first-order valence-corrected chi connectivity index (χ1v) is 9.47. The molecule has 0 aliphatic rings. The summed E-state index contributed by atoms with van der Waals surface area (Å²) in [4.78, 5) is 12.4. The molecule has 150 valence electrons. The summed E-state index contributed by atoms with van der Waals surface area (Å²) in [5.74, 6) is 1.33. The third-order valence-corrected chi connectivity index (χ3v) is 4.54. The van der Waals surface area contributed by atoms with Crippen LogP contribution in [0.4, 0.5) is 5.82 Å². The molecule has 1 N–H and O–H groups in total. The second-order valence-corrected chi connectivity index (χ2v) is 6.62. The van der Waals surface area contributed by atoms with Crippen LogP contribution in [0.2, 0.25) is 5.02 Å². The lowest BCUT2D eigenvalue weighted by atomic mass is 10.2. The van der Waals surface area contributed by atoms with Gasteiger partial charge in [0.15, 0.2) is 18.1 Å². The highest BCUT2D eigenvalue weighted by atomic mass is 35.5. The largest absolute Gasteiger partial charge is 0.493 e. The zero-order valence-corrected chi connectivity index (χ0v) is 17.0. The molecule has 6 nitrogen and oxygen atoms in total. The molecule has 0 spiro atoms. The number of carbonyl (C=O) groups is 1. The monoisotopic (exact) mass is 411 g/mol. The van der Waals surface area contributed by atoms with Gasteiger partial charge in [-0.05, 0) is 36.2 Å². The highest BCUT2D eigenvalue weighted by molar-refractivity contribution is 6.31. The maximum atomic E-state index is 12.4. The van der Waals surface area contributed by atoms with E-state index in [0.29, 0.717) is 28.9 Å². The first-order chi connectivity index (χ1) is 14.1. The minimum absolute atomic E-state index is 0.156. The maximum absolute atomic E-state index is 12.4. The van der Waals surface area contributed by atoms with Crippen molar-refractivity contribution in [2.24, 2.45) is 0 Å². The number of rotatable bonds is 8. The van der Waals surface area contributed by atoms with Crippen molar-refractivity contribution in [3.63, 3.8) is 0 Å². The number of aromatic nitrogens is 2. The third kappa shape index (κ3) is 5.39. The predicted molar refractivity (Wildman–Crippen MR) is 115 cm³/mol. The van der Waals surface area contributed by atoms with Gasteiger partial charge in [0, 0.05) is 11.1 Å². The number of nitrogens with zero attached hydrogens (tertiary/aromatic N) is 2. The molecule has 3 aromatic rings. The number of hydrogen-bond donors (Lipinski definition) is 1. The molecule has 1 amide bonds. The lowest BCUT2D eigenvalue weighted by Gasteiger charge is -2.12. The molecule has 0 bridgehead atoms. The fourth-order valence-electron chi connectivity index (χ4n) is 2.77. The van der Waals surface area contributed by atoms with Gasteiger partial charge in [0.25, 0.3) is 5.91 Å². The lowest BCUT2D eigenvalue weighted by molar-refractivity contribution is -0.118. The van der Waals surface area contributed by atoms with E-state index in [1.165, 1.54) is 0 Å². The summed E-state index contributed by atoms with van der Waals surface area (Å²) in [5, 5.41) is 7.72. The number of hydrogen-bond acceptors (Lipinski definition) is 4. The van der Waals surface area contributed by atoms with Crippen molar-refractivity contribution < 1.29 is 14.3 Å². The van der Waals surface area contributed by atoms with Crippen LogP contribution in [0.1, 0.15) is 18.1 Å². The van der Waals surface area contributed by atoms with E-state index in [0.717, 1.165) is 11.1 Å². The van der Waals surface area contributed by atoms with Gasteiger partial charge in [-0.15, -0.1) is 0 Å². The van der Waals surface area contributed by atoms with Crippen molar-refractivity contribution in [1.82, 2.24) is 9.78 Å². The van der Waals surface area contributed by atoms with E-state index in [-0.39, 0.29) is 12.5 Å². The Labute approximate surface area is 174 Å². The normalized spacial score (nSPS) is 10.9. The van der Waals surface area contributed by atoms with Gasteiger partial charge < -0.3 is 14.8 Å². The van der Waals surface area contributed by atoms with Gasteiger partial charge in [-0.25, -0.2) is 4.68 Å². The number of benzene rings is 2. The Kier molecular flexibility index (Phi) is 6.92. The fraction of sp³-hybridized carbons (Fsp3) is 0.182. The van der Waals surface area contributed by atoms with E-state index in [4.69, 9.17) is 21.1 Å². The number of allylic oxidation sites excluding steroid dienone is 1. The highest BCUT2D eigenvalue weighted by Gasteiger charge is 2.12. The molecule has 0 unspecified atom stereocenters. The second kappa shape index (κ2) is 9.80. The Balaban J connectivity index is 1.62. The molecule has 2 aromatic carbocycles. The molecule has 3 rings (SSSR count). The van der Waals surface area contributed by atoms with Crippen LogP contribution in [0.5, 0.6) is 11.5 Å². The molecular formula is C22H22ClN3O3. The van der Waals surface area contributed by atoms with E-state index in [1.54, 1.807) is 30.1 Å². The quantitative estimate of drug-likeness (QED) is 0.586. The first-order valence-electron chi connectivity index (χ1n) is 9.09. The van der Waals surface area contributed by atoms with Gasteiger partial charge in [0.05, 0.1) is 19.9 Å². The Morgan fingerprint density at radius 3 is 2.79 bits per heavy atom. The molecule has 0 aliphatic carbocycles. The van der Waals surface area contributed by atoms with Gasteiger partial charge in [0.1, 0.15) is 5.82 Å². The van der Waals surface area contributed by atoms with Gasteiger partial charge in [-0.1, -0.05) is 48.0 Å². The highest BCUT2D eigenvalue weighted by Crippen LogP contribution is 2.28. The minimum Gasteiger partial charge on any atom is -0.493 e. The topological polar surface area (TPSA) is 65.4 Å². The summed E-state index contributed by atoms with van der Waals surface area (Å²) in [6.07, 6.45) is 5.52. The Morgan fingerprint density at radius 2 is 2.03 bits per heavy atom. The summed E-state index contributed by atoms with van der Waals surface area (Å²) >= 11 is 6.21. The molecule has 0 fully saturated rings. The van der Waals surface area contributed by atoms with Gasteiger partial charge in [-0.3, -0.25) is 4.79 Å². The summed E-state index contributed by atoms with van der Waals surface area (Å²) in [5.41, 5.74) is 1.90. The molecule has 1 heterocycles. The Hall–Kier alpha value is -3.25. The summed E-state index contributed by atoms with van der Waals surface area (Å²) in [7, 11) is 1.56. The van der Waals surface area contributed by atoms with Crippen molar-refractivity contribution in [2.45, 2.75) is 13.5 Å². The van der Waals surface area contributed by atoms with Gasteiger partial charge in [0.2, 0.25) is 0 Å². The molecule has 0 radical (unpaired) electrons. The van der Waals surface area contributed by atoms with Crippen LogP contribution < -0.4 is 14.8 Å². The second-order valence-electron chi connectivity index (χ2n) is 6.21. The SMILES string of the molecule is C/C=C/c1ccc(OCC(=O)Nc2ccnn2Cc2ccccc2Cl)c(OC)c1. The summed E-state index contributed by atoms with van der Waals surface area (Å²) < 4.78 is 12.7. The zero-order valence-electron chi connectivity index (χ0n) is 16.3. The molecule has 0 saturated heterocycles. The Bertz CT molecular complexity index is 1010. The summed E-state index contributed by atoms with van der Waals surface area (Å²) in [6.45, 7) is 2.23. The molecular weight excluding hydrogens is 390 g/mol. The Morgan fingerprint density at radius 1 is 1.21 bits per heavy atom. The molecule has 0 atom stereocenters. The standard InChI is InChI=1S/C22H22ClN3O3/c1-3-6-16-9-10-19(20(13-16)28-2)29-15-22(27)25-21-11-12-24-26(21)14-17-7-4-5-8-18(17)23/h3-13H,14-15H2,1-2H3,(H,25,27)/b6-3+. The molecule has 7 heteroatoms. The number of carbonyl (C=O) groups excluding carboxylic acids is 1. The van der Waals surface area contributed by atoms with Crippen LogP contribution in [-0.4, -0.2) is 29.4 Å². The van der Waals surface area contributed by atoms with Crippen molar-refractivity contribution in [3.05, 3.63) is 77.0 Å². The van der Waals surface area contributed by atoms with E-state index in [2.05, 4.69) is 10.4 Å². The van der Waals surface area contributed by atoms with E-state index in [9.17, 15) is 4.79 Å². The maximum Gasteiger partial charge on any atom is 0.263 e. The van der Waals surface area contributed by atoms with Crippen LogP contribution in [0.3, 0.4) is 0 Å². The van der Waals surface area contributed by atoms with Crippen molar-refractivity contribution in [1.29, 1.82) is 0 Å². The number of amides is 1. The van der Waals surface area contributed by atoms with Crippen LogP contribution >= 0.6 is 11.6 Å². The number of ether oxygens (including phenoxy) is 2. The molecule has 0 saturated carbocycles. The van der Waals surface area contributed by atoms with Crippen LogP contribution in [0.25, 0.3) is 6.08 Å². The van der Waals surface area contributed by atoms with Crippen molar-refractivity contribution >= 4 is 29.4 Å². The zero-order chi connectivity index (χ0) is 20.6. The average Bonchev–Trinajstić information content (AvgIpc) is 3.15. The average molecular weight is 412 g/mol. The fourth-order valence-corrected chi connectivity index (χ4v) is 2.97. The van der Waals surface area contributed by atoms with Crippen molar-refractivity contribution in [3.8, 4) is 11.5 Å². The molecule has 0 aliphatic heterocycles. The van der Waals surface area contributed by atoms with Crippen LogP contribution in [0, 0.1) is 0 Å².